The Labute approximate surface area is 348 Å². The van der Waals surface area contributed by atoms with Gasteiger partial charge < -0.3 is 19.7 Å². The lowest BCUT2D eigenvalue weighted by molar-refractivity contribution is -0.134. The number of piperidine rings is 3. The monoisotopic (exact) mass is 848 g/mol. The molecule has 4 fully saturated rings. The van der Waals surface area contributed by atoms with Gasteiger partial charge in [0, 0.05) is 81.2 Å². The maximum absolute atomic E-state index is 12.3. The lowest BCUT2D eigenvalue weighted by Gasteiger charge is -2.38. The number of piperazine rings is 1. The van der Waals surface area contributed by atoms with Crippen LogP contribution in [0.3, 0.4) is 0 Å². The zero-order chi connectivity index (χ0) is 38.9. The summed E-state index contributed by atoms with van der Waals surface area (Å²) in [5.41, 5.74) is 8.87. The van der Waals surface area contributed by atoms with Gasteiger partial charge in [-0.15, -0.1) is 0 Å². The fraction of sp³-hybridized carbons (Fsp3) is 0.422. The van der Waals surface area contributed by atoms with Crippen molar-refractivity contribution in [3.05, 3.63) is 105 Å². The van der Waals surface area contributed by atoms with Crippen LogP contribution in [-0.2, 0) is 16.1 Å². The molecule has 4 saturated heterocycles. The highest BCUT2D eigenvalue weighted by Gasteiger charge is 2.29. The molecule has 0 saturated carbocycles. The summed E-state index contributed by atoms with van der Waals surface area (Å²) in [5.74, 6) is 1.60. The Bertz CT molecular complexity index is 2190. The van der Waals surface area contributed by atoms with Crippen LogP contribution in [0, 0.1) is 5.92 Å². The lowest BCUT2D eigenvalue weighted by atomic mass is 9.88. The Morgan fingerprint density at radius 3 is 2.14 bits per heavy atom. The SMILES string of the molecule is O=C1CC[C@H](c2ccc(N3CCC(CN4CCC(c5ccc(-c6nc7ncc(Br)c(N8CCN(Cc9ccc(Cl)cc9)CC8)c7[nH]6)cc5)CC4)CC3)cc2)C(=O)N1. The van der Waals surface area contributed by atoms with Crippen molar-refractivity contribution in [2.45, 2.75) is 56.9 Å². The van der Waals surface area contributed by atoms with Gasteiger partial charge in [-0.05, 0) is 114 Å². The van der Waals surface area contributed by atoms with E-state index in [-0.39, 0.29) is 17.7 Å². The summed E-state index contributed by atoms with van der Waals surface area (Å²) < 4.78 is 0.985. The number of aromatic nitrogens is 3. The number of hydrogen-bond donors (Lipinski definition) is 2. The van der Waals surface area contributed by atoms with Crippen LogP contribution in [0.5, 0.6) is 0 Å². The fourth-order valence-corrected chi connectivity index (χ4v) is 10.1. The van der Waals surface area contributed by atoms with E-state index in [1.54, 1.807) is 0 Å². The summed E-state index contributed by atoms with van der Waals surface area (Å²) in [6.07, 6.45) is 7.67. The normalized spacial score (nSPS) is 20.7. The molecule has 0 aliphatic carbocycles. The molecule has 296 valence electrons. The molecule has 57 heavy (non-hydrogen) atoms. The van der Waals surface area contributed by atoms with Crippen molar-refractivity contribution in [1.29, 1.82) is 0 Å². The van der Waals surface area contributed by atoms with E-state index >= 15 is 0 Å². The third kappa shape index (κ3) is 8.63. The van der Waals surface area contributed by atoms with Crippen LogP contribution >= 0.6 is 27.5 Å². The van der Waals surface area contributed by atoms with Crippen molar-refractivity contribution in [2.75, 3.05) is 68.7 Å². The number of hydrogen-bond acceptors (Lipinski definition) is 8. The second kappa shape index (κ2) is 16.9. The molecule has 0 radical (unpaired) electrons. The number of fused-ring (bicyclic) bond motifs is 1. The molecule has 10 nitrogen and oxygen atoms in total. The number of carbonyl (C=O) groups is 2. The number of rotatable bonds is 9. The second-order valence-electron chi connectivity index (χ2n) is 16.4. The van der Waals surface area contributed by atoms with E-state index in [1.807, 2.05) is 18.3 Å². The number of halogens is 2. The van der Waals surface area contributed by atoms with Gasteiger partial charge in [0.15, 0.2) is 5.65 Å². The number of carbonyl (C=O) groups excluding carboxylic acids is 2. The highest BCUT2D eigenvalue weighted by Crippen LogP contribution is 2.36. The van der Waals surface area contributed by atoms with Crippen molar-refractivity contribution >= 4 is 61.9 Å². The van der Waals surface area contributed by atoms with Crippen LogP contribution in [0.25, 0.3) is 22.6 Å². The molecule has 2 amide bonds. The van der Waals surface area contributed by atoms with E-state index in [9.17, 15) is 9.59 Å². The van der Waals surface area contributed by atoms with Gasteiger partial charge in [0.25, 0.3) is 0 Å². The predicted molar refractivity (Wildman–Crippen MR) is 231 cm³/mol. The van der Waals surface area contributed by atoms with Crippen LogP contribution in [-0.4, -0.2) is 95.5 Å². The van der Waals surface area contributed by atoms with E-state index in [0.717, 1.165) is 108 Å². The van der Waals surface area contributed by atoms with Crippen LogP contribution < -0.4 is 15.1 Å². The number of imidazole rings is 1. The predicted octanol–water partition coefficient (Wildman–Crippen LogP) is 7.98. The molecule has 6 heterocycles. The molecule has 0 spiro atoms. The van der Waals surface area contributed by atoms with Crippen molar-refractivity contribution in [3.63, 3.8) is 0 Å². The average Bonchev–Trinajstić information content (AvgIpc) is 3.67. The van der Waals surface area contributed by atoms with E-state index in [0.29, 0.717) is 18.8 Å². The van der Waals surface area contributed by atoms with Crippen LogP contribution in [0.4, 0.5) is 11.4 Å². The van der Waals surface area contributed by atoms with Crippen molar-refractivity contribution in [2.24, 2.45) is 5.92 Å². The molecule has 1 atom stereocenters. The molecule has 5 aromatic rings. The standard InChI is InChI=1S/C45H50BrClN8O2/c46-39-27-48-44-41(42(39)55-25-23-53(24-26-55)28-30-1-9-36(47)10-2-30)50-43(51-44)35-5-3-32(4-6-35)33-17-19-52(20-18-33)29-31-15-21-54(22-16-31)37-11-7-34(8-12-37)38-13-14-40(56)49-45(38)57/h1-12,27,31,33,38H,13-26,28-29H2,(H,48,50,51)(H,49,56,57)/t38-/m1/s1. The quantitative estimate of drug-likeness (QED) is 0.144. The first-order valence-corrected chi connectivity index (χ1v) is 21.8. The van der Waals surface area contributed by atoms with Gasteiger partial charge in [-0.3, -0.25) is 19.8 Å². The highest BCUT2D eigenvalue weighted by molar-refractivity contribution is 9.10. The first-order chi connectivity index (χ1) is 27.8. The Morgan fingerprint density at radius 2 is 1.44 bits per heavy atom. The van der Waals surface area contributed by atoms with Crippen LogP contribution in [0.2, 0.25) is 5.02 Å². The number of likely N-dealkylation sites (tertiary alicyclic amines) is 1. The maximum atomic E-state index is 12.3. The third-order valence-electron chi connectivity index (χ3n) is 12.7. The summed E-state index contributed by atoms with van der Waals surface area (Å²) in [6, 6.07) is 25.7. The molecule has 4 aliphatic heterocycles. The maximum Gasteiger partial charge on any atom is 0.234 e. The summed E-state index contributed by atoms with van der Waals surface area (Å²) in [6.45, 7) is 10.4. The fourth-order valence-electron chi connectivity index (χ4n) is 9.37. The van der Waals surface area contributed by atoms with Crippen molar-refractivity contribution in [3.8, 4) is 11.4 Å². The Morgan fingerprint density at radius 1 is 0.737 bits per heavy atom. The molecule has 12 heteroatoms. The van der Waals surface area contributed by atoms with Gasteiger partial charge in [-0.25, -0.2) is 9.97 Å². The van der Waals surface area contributed by atoms with Gasteiger partial charge in [0.1, 0.15) is 11.3 Å². The lowest BCUT2D eigenvalue weighted by Crippen LogP contribution is -2.46. The van der Waals surface area contributed by atoms with Gasteiger partial charge in [-0.2, -0.15) is 0 Å². The number of imide groups is 1. The number of H-pyrrole nitrogens is 1. The van der Waals surface area contributed by atoms with E-state index in [4.69, 9.17) is 16.6 Å². The number of nitrogens with one attached hydrogen (secondary N) is 2. The van der Waals surface area contributed by atoms with Gasteiger partial charge in [-0.1, -0.05) is 60.1 Å². The van der Waals surface area contributed by atoms with Crippen molar-refractivity contribution < 1.29 is 9.59 Å². The summed E-state index contributed by atoms with van der Waals surface area (Å²) in [5, 5.41) is 3.26. The molecule has 3 aromatic carbocycles. The van der Waals surface area contributed by atoms with Crippen LogP contribution in [0.1, 0.15) is 67.1 Å². The smallest absolute Gasteiger partial charge is 0.234 e. The minimum absolute atomic E-state index is 0.167. The second-order valence-corrected chi connectivity index (χ2v) is 17.6. The summed E-state index contributed by atoms with van der Waals surface area (Å²) >= 11 is 9.90. The first kappa shape index (κ1) is 38.2. The Hall–Kier alpha value is -4.29. The number of benzene rings is 3. The average molecular weight is 850 g/mol. The zero-order valence-electron chi connectivity index (χ0n) is 32.3. The van der Waals surface area contributed by atoms with Gasteiger partial charge in [0.05, 0.1) is 16.1 Å². The first-order valence-electron chi connectivity index (χ1n) is 20.6. The molecular weight excluding hydrogens is 800 g/mol. The highest BCUT2D eigenvalue weighted by atomic mass is 79.9. The molecule has 9 rings (SSSR count). The Balaban J connectivity index is 0.751. The summed E-state index contributed by atoms with van der Waals surface area (Å²) in [7, 11) is 0. The van der Waals surface area contributed by atoms with E-state index < -0.39 is 0 Å². The minimum atomic E-state index is -0.228. The molecule has 4 aliphatic rings. The minimum Gasteiger partial charge on any atom is -0.372 e. The number of amides is 2. The molecule has 2 N–H and O–H groups in total. The van der Waals surface area contributed by atoms with E-state index in [1.165, 1.54) is 49.0 Å². The van der Waals surface area contributed by atoms with Gasteiger partial charge in [0.2, 0.25) is 11.8 Å². The van der Waals surface area contributed by atoms with Gasteiger partial charge >= 0.3 is 0 Å². The number of aromatic amines is 1. The van der Waals surface area contributed by atoms with Crippen LogP contribution in [0.15, 0.2) is 83.5 Å². The largest absolute Gasteiger partial charge is 0.372 e. The summed E-state index contributed by atoms with van der Waals surface area (Å²) in [4.78, 5) is 47.2. The molecule has 0 unspecified atom stereocenters. The number of anilines is 2. The van der Waals surface area contributed by atoms with E-state index in [2.05, 4.69) is 111 Å². The topological polar surface area (TPSA) is 101 Å². The molecular formula is C45H50BrClN8O2. The Kier molecular flexibility index (Phi) is 11.3. The molecule has 2 aromatic heterocycles. The zero-order valence-corrected chi connectivity index (χ0v) is 34.6. The molecule has 0 bridgehead atoms. The number of pyridine rings is 1. The van der Waals surface area contributed by atoms with Crippen molar-refractivity contribution in [1.82, 2.24) is 30.1 Å². The number of nitrogens with zero attached hydrogens (tertiary/aromatic N) is 6. The third-order valence-corrected chi connectivity index (χ3v) is 13.6.